The van der Waals surface area contributed by atoms with Gasteiger partial charge in [0.2, 0.25) is 0 Å². The summed E-state index contributed by atoms with van der Waals surface area (Å²) in [5.74, 6) is 3.18. The summed E-state index contributed by atoms with van der Waals surface area (Å²) in [6, 6.07) is 0. The second kappa shape index (κ2) is 2.61. The van der Waals surface area contributed by atoms with Crippen LogP contribution < -0.4 is 0 Å². The van der Waals surface area contributed by atoms with Gasteiger partial charge < -0.3 is 5.11 Å². The van der Waals surface area contributed by atoms with E-state index in [9.17, 15) is 5.11 Å². The lowest BCUT2D eigenvalue weighted by molar-refractivity contribution is 0.00645. The minimum absolute atomic E-state index is 0.0180. The Bertz CT molecular complexity index is 292. The van der Waals surface area contributed by atoms with E-state index in [0.29, 0.717) is 16.7 Å². The average Bonchev–Trinajstić information content (AvgIpc) is 2.64. The first-order valence-electron chi connectivity index (χ1n) is 6.53. The third-order valence-electron chi connectivity index (χ3n) is 6.47. The van der Waals surface area contributed by atoms with Crippen molar-refractivity contribution in [3.8, 4) is 0 Å². The fraction of sp³-hybridized carbons (Fsp3) is 1.00. The molecule has 15 heavy (non-hydrogen) atoms. The van der Waals surface area contributed by atoms with Crippen molar-refractivity contribution >= 4 is 0 Å². The molecule has 0 aromatic carbocycles. The number of fused-ring (bicyclic) bond motifs is 5. The van der Waals surface area contributed by atoms with Crippen molar-refractivity contribution in [1.82, 2.24) is 0 Å². The van der Waals surface area contributed by atoms with Crippen molar-refractivity contribution < 1.29 is 5.11 Å². The zero-order chi connectivity index (χ0) is 11.0. The highest BCUT2D eigenvalue weighted by molar-refractivity contribution is 5.13. The van der Waals surface area contributed by atoms with Crippen LogP contribution in [0.4, 0.5) is 0 Å². The molecule has 0 radical (unpaired) electrons. The Morgan fingerprint density at radius 3 is 2.33 bits per heavy atom. The molecular weight excluding hydrogens is 184 g/mol. The van der Waals surface area contributed by atoms with Crippen LogP contribution in [-0.4, -0.2) is 11.2 Å². The largest absolute Gasteiger partial charge is 0.393 e. The number of hydrogen-bond donors (Lipinski definition) is 1. The highest BCUT2D eigenvalue weighted by Gasteiger charge is 2.64. The number of aliphatic hydroxyl groups excluding tert-OH is 1. The molecule has 1 heteroatoms. The van der Waals surface area contributed by atoms with Crippen molar-refractivity contribution in [2.75, 3.05) is 0 Å². The molecule has 0 aliphatic heterocycles. The molecule has 1 nitrogen and oxygen atoms in total. The van der Waals surface area contributed by atoms with Gasteiger partial charge in [-0.05, 0) is 53.8 Å². The molecule has 0 amide bonds. The quantitative estimate of drug-likeness (QED) is 0.648. The molecule has 5 atom stereocenters. The first kappa shape index (κ1) is 10.1. The summed E-state index contributed by atoms with van der Waals surface area (Å²) in [5.41, 5.74) is 0.877. The maximum atomic E-state index is 10.1. The lowest BCUT2D eigenvalue weighted by Crippen LogP contribution is -2.38. The Hall–Kier alpha value is -0.0400. The Morgan fingerprint density at radius 1 is 1.00 bits per heavy atom. The topological polar surface area (TPSA) is 20.2 Å². The van der Waals surface area contributed by atoms with Crippen LogP contribution in [0.5, 0.6) is 0 Å². The van der Waals surface area contributed by atoms with Crippen LogP contribution in [0, 0.1) is 34.5 Å². The molecule has 0 aromatic rings. The van der Waals surface area contributed by atoms with Gasteiger partial charge in [-0.2, -0.15) is 0 Å². The van der Waals surface area contributed by atoms with Crippen LogP contribution in [0.2, 0.25) is 0 Å². The van der Waals surface area contributed by atoms with Crippen molar-refractivity contribution in [2.24, 2.45) is 34.5 Å². The molecule has 3 aliphatic carbocycles. The molecule has 3 saturated carbocycles. The van der Waals surface area contributed by atoms with E-state index in [4.69, 9.17) is 0 Å². The summed E-state index contributed by atoms with van der Waals surface area (Å²) in [4.78, 5) is 0. The summed E-state index contributed by atoms with van der Waals surface area (Å²) in [7, 11) is 0. The second-order valence-electron chi connectivity index (χ2n) is 7.46. The van der Waals surface area contributed by atoms with Gasteiger partial charge in [-0.3, -0.25) is 0 Å². The van der Waals surface area contributed by atoms with E-state index < -0.39 is 0 Å². The Labute approximate surface area is 93.3 Å². The van der Waals surface area contributed by atoms with Crippen molar-refractivity contribution in [1.29, 1.82) is 0 Å². The maximum absolute atomic E-state index is 10.1. The van der Waals surface area contributed by atoms with Crippen LogP contribution >= 0.6 is 0 Å². The van der Waals surface area contributed by atoms with Crippen LogP contribution in [0.1, 0.15) is 47.0 Å². The third kappa shape index (κ3) is 1.03. The van der Waals surface area contributed by atoms with Gasteiger partial charge in [-0.15, -0.1) is 0 Å². The molecule has 86 valence electrons. The molecule has 0 heterocycles. The van der Waals surface area contributed by atoms with E-state index in [1.807, 2.05) is 0 Å². The zero-order valence-electron chi connectivity index (χ0n) is 10.5. The molecule has 0 spiro atoms. The summed E-state index contributed by atoms with van der Waals surface area (Å²) in [5, 5.41) is 10.1. The first-order chi connectivity index (χ1) is 6.84. The van der Waals surface area contributed by atoms with E-state index in [0.717, 1.165) is 24.2 Å². The highest BCUT2D eigenvalue weighted by atomic mass is 16.3. The smallest absolute Gasteiger partial charge is 0.0574 e. The molecule has 3 rings (SSSR count). The first-order valence-corrected chi connectivity index (χ1v) is 6.53. The van der Waals surface area contributed by atoms with E-state index in [1.165, 1.54) is 12.8 Å². The van der Waals surface area contributed by atoms with E-state index in [-0.39, 0.29) is 6.10 Å². The third-order valence-corrected chi connectivity index (χ3v) is 6.47. The lowest BCUT2D eigenvalue weighted by atomic mass is 9.63. The molecule has 0 aromatic heterocycles. The molecular formula is C14H24O. The molecule has 2 bridgehead atoms. The predicted octanol–water partition coefficient (Wildman–Crippen LogP) is 3.08. The second-order valence-corrected chi connectivity index (χ2v) is 7.46. The summed E-state index contributed by atoms with van der Waals surface area (Å²) >= 11 is 0. The van der Waals surface area contributed by atoms with Gasteiger partial charge in [0, 0.05) is 0 Å². The van der Waals surface area contributed by atoms with Gasteiger partial charge in [-0.25, -0.2) is 0 Å². The molecule has 5 unspecified atom stereocenters. The average molecular weight is 208 g/mol. The minimum Gasteiger partial charge on any atom is -0.393 e. The Kier molecular flexibility index (Phi) is 1.77. The molecule has 1 N–H and O–H groups in total. The lowest BCUT2D eigenvalue weighted by Gasteiger charge is -2.42. The molecule has 3 fully saturated rings. The van der Waals surface area contributed by atoms with Crippen LogP contribution in [0.15, 0.2) is 0 Å². The number of hydrogen-bond acceptors (Lipinski definition) is 1. The predicted molar refractivity (Wildman–Crippen MR) is 61.4 cm³/mol. The summed E-state index contributed by atoms with van der Waals surface area (Å²) in [6.07, 6.45) is 3.82. The van der Waals surface area contributed by atoms with Gasteiger partial charge in [0.25, 0.3) is 0 Å². The Morgan fingerprint density at radius 2 is 1.67 bits per heavy atom. The number of rotatable bonds is 0. The SMILES string of the molecule is CC1(C)CC2C3CC(O)C(C3)C2C1(C)C. The normalized spacial score (nSPS) is 54.6. The summed E-state index contributed by atoms with van der Waals surface area (Å²) < 4.78 is 0. The van der Waals surface area contributed by atoms with Crippen LogP contribution in [0.25, 0.3) is 0 Å². The number of aliphatic hydroxyl groups is 1. The maximum Gasteiger partial charge on any atom is 0.0574 e. The van der Waals surface area contributed by atoms with Gasteiger partial charge in [0.1, 0.15) is 0 Å². The molecule has 3 aliphatic rings. The van der Waals surface area contributed by atoms with Crippen LogP contribution in [-0.2, 0) is 0 Å². The van der Waals surface area contributed by atoms with Gasteiger partial charge >= 0.3 is 0 Å². The summed E-state index contributed by atoms with van der Waals surface area (Å²) in [6.45, 7) is 9.73. The van der Waals surface area contributed by atoms with E-state index in [2.05, 4.69) is 27.7 Å². The fourth-order valence-electron chi connectivity index (χ4n) is 5.10. The monoisotopic (exact) mass is 208 g/mol. The zero-order valence-corrected chi connectivity index (χ0v) is 10.5. The standard InChI is InChI=1S/C14H24O/c1-13(2)7-10-8-5-9(11(15)6-8)12(10)14(13,3)4/h8-12,15H,5-7H2,1-4H3. The fourth-order valence-corrected chi connectivity index (χ4v) is 5.10. The van der Waals surface area contributed by atoms with Gasteiger partial charge in [0.05, 0.1) is 6.10 Å². The van der Waals surface area contributed by atoms with Crippen LogP contribution in [0.3, 0.4) is 0 Å². The highest BCUT2D eigenvalue weighted by Crippen LogP contribution is 2.70. The minimum atomic E-state index is 0.0180. The van der Waals surface area contributed by atoms with Gasteiger partial charge in [-0.1, -0.05) is 27.7 Å². The van der Waals surface area contributed by atoms with E-state index in [1.54, 1.807) is 0 Å². The van der Waals surface area contributed by atoms with Crippen molar-refractivity contribution in [3.05, 3.63) is 0 Å². The van der Waals surface area contributed by atoms with Crippen molar-refractivity contribution in [2.45, 2.75) is 53.1 Å². The van der Waals surface area contributed by atoms with Gasteiger partial charge in [0.15, 0.2) is 0 Å². The Balaban J connectivity index is 1.99. The van der Waals surface area contributed by atoms with Crippen molar-refractivity contribution in [3.63, 3.8) is 0 Å². The van der Waals surface area contributed by atoms with E-state index >= 15 is 0 Å². The molecule has 0 saturated heterocycles.